The van der Waals surface area contributed by atoms with Crippen LogP contribution in [0.2, 0.25) is 5.02 Å². The van der Waals surface area contributed by atoms with E-state index in [9.17, 15) is 9.59 Å². The van der Waals surface area contributed by atoms with Gasteiger partial charge >= 0.3 is 0 Å². The Balaban J connectivity index is 0.000000280. The highest BCUT2D eigenvalue weighted by atomic mass is 79.9. The predicted molar refractivity (Wildman–Crippen MR) is 72.9 cm³/mol. The Bertz CT molecular complexity index is 594. The zero-order valence-corrected chi connectivity index (χ0v) is 11.8. The van der Waals surface area contributed by atoms with Gasteiger partial charge in [0.15, 0.2) is 11.0 Å². The smallest absolute Gasteiger partial charge is 0.293 e. The lowest BCUT2D eigenvalue weighted by Gasteiger charge is -1.98. The van der Waals surface area contributed by atoms with Gasteiger partial charge in [0.1, 0.15) is 0 Å². The molecule has 0 saturated heterocycles. The molecule has 4 nitrogen and oxygen atoms in total. The van der Waals surface area contributed by atoms with Crippen molar-refractivity contribution >= 4 is 45.0 Å². The molecule has 1 heterocycles. The van der Waals surface area contributed by atoms with Gasteiger partial charge in [0.05, 0.1) is 22.7 Å². The summed E-state index contributed by atoms with van der Waals surface area (Å²) in [7, 11) is 0. The average Bonchev–Trinajstić information content (AvgIpc) is 2.32. The summed E-state index contributed by atoms with van der Waals surface area (Å²) in [5, 5.41) is 1.000. The quantitative estimate of drug-likeness (QED) is 0.791. The summed E-state index contributed by atoms with van der Waals surface area (Å²) in [6, 6.07) is 4.64. The second kappa shape index (κ2) is 7.18. The highest BCUT2D eigenvalue weighted by Crippen LogP contribution is 2.25. The van der Waals surface area contributed by atoms with Gasteiger partial charge in [-0.1, -0.05) is 11.6 Å². The van der Waals surface area contributed by atoms with Crippen molar-refractivity contribution in [1.29, 1.82) is 0 Å². The van der Waals surface area contributed by atoms with Crippen LogP contribution < -0.4 is 5.43 Å². The third kappa shape index (κ3) is 3.85. The first-order chi connectivity index (χ1) is 8.60. The van der Waals surface area contributed by atoms with E-state index in [0.717, 1.165) is 0 Å². The van der Waals surface area contributed by atoms with E-state index in [0.29, 0.717) is 33.5 Å². The second-order valence-corrected chi connectivity index (χ2v) is 4.39. The third-order valence-electron chi connectivity index (χ3n) is 1.91. The van der Waals surface area contributed by atoms with Crippen molar-refractivity contribution < 1.29 is 13.9 Å². The third-order valence-corrected chi connectivity index (χ3v) is 2.72. The van der Waals surface area contributed by atoms with Crippen LogP contribution in [-0.2, 0) is 9.53 Å². The van der Waals surface area contributed by atoms with Crippen molar-refractivity contribution in [3.05, 3.63) is 44.2 Å². The van der Waals surface area contributed by atoms with E-state index in [1.165, 1.54) is 12.3 Å². The molecule has 0 radical (unpaired) electrons. The first kappa shape index (κ1) is 14.7. The fourth-order valence-corrected chi connectivity index (χ4v) is 2.09. The maximum absolute atomic E-state index is 11.3. The zero-order valence-electron chi connectivity index (χ0n) is 9.48. The first-order valence-corrected chi connectivity index (χ1v) is 6.19. The van der Waals surface area contributed by atoms with Crippen molar-refractivity contribution in [1.82, 2.24) is 0 Å². The molecule has 0 atom stereocenters. The summed E-state index contributed by atoms with van der Waals surface area (Å²) in [4.78, 5) is 20.5. The van der Waals surface area contributed by atoms with Crippen LogP contribution in [0.25, 0.3) is 11.0 Å². The summed E-state index contributed by atoms with van der Waals surface area (Å²) in [5.74, 6) is 0. The number of benzene rings is 1. The topological polar surface area (TPSA) is 56.5 Å². The van der Waals surface area contributed by atoms with Crippen LogP contribution >= 0.6 is 27.5 Å². The highest BCUT2D eigenvalue weighted by Gasteiger charge is 2.05. The minimum absolute atomic E-state index is 0.0931. The number of carbonyl (C=O) groups excluding carboxylic acids is 1. The Morgan fingerprint density at radius 2 is 2.22 bits per heavy atom. The number of hydrogen-bond donors (Lipinski definition) is 0. The SMILES string of the molecule is CCOC=O.O=c1ccoc2c(Br)cc(Cl)cc12. The molecule has 18 heavy (non-hydrogen) atoms. The second-order valence-electron chi connectivity index (χ2n) is 3.10. The molecule has 0 fully saturated rings. The molecule has 0 saturated carbocycles. The molecule has 0 spiro atoms. The van der Waals surface area contributed by atoms with Gasteiger partial charge in [-0.2, -0.15) is 0 Å². The van der Waals surface area contributed by atoms with E-state index in [-0.39, 0.29) is 5.43 Å². The van der Waals surface area contributed by atoms with Crippen molar-refractivity contribution in [2.24, 2.45) is 0 Å². The molecular formula is C12H10BrClO4. The number of fused-ring (bicyclic) bond motifs is 1. The van der Waals surface area contributed by atoms with E-state index in [4.69, 9.17) is 16.0 Å². The number of halogens is 2. The van der Waals surface area contributed by atoms with Gasteiger partial charge < -0.3 is 9.15 Å². The van der Waals surface area contributed by atoms with E-state index in [2.05, 4.69) is 20.7 Å². The number of ether oxygens (including phenoxy) is 1. The Morgan fingerprint density at radius 1 is 1.50 bits per heavy atom. The van der Waals surface area contributed by atoms with Gasteiger partial charge in [0.25, 0.3) is 6.47 Å². The first-order valence-electron chi connectivity index (χ1n) is 5.02. The fourth-order valence-electron chi connectivity index (χ4n) is 1.18. The summed E-state index contributed by atoms with van der Waals surface area (Å²) in [6.45, 7) is 2.66. The Hall–Kier alpha value is -1.33. The molecule has 0 unspecified atom stereocenters. The monoisotopic (exact) mass is 332 g/mol. The zero-order chi connectivity index (χ0) is 13.5. The molecule has 0 amide bonds. The summed E-state index contributed by atoms with van der Waals surface area (Å²) in [5.41, 5.74) is 0.432. The minimum Gasteiger partial charge on any atom is -0.468 e. The normalized spacial score (nSPS) is 9.50. The maximum atomic E-state index is 11.3. The van der Waals surface area contributed by atoms with E-state index < -0.39 is 0 Å². The molecule has 0 bridgehead atoms. The van der Waals surface area contributed by atoms with Crippen LogP contribution in [0.15, 0.2) is 38.1 Å². The lowest BCUT2D eigenvalue weighted by Crippen LogP contribution is -1.97. The van der Waals surface area contributed by atoms with Crippen LogP contribution in [-0.4, -0.2) is 13.1 Å². The summed E-state index contributed by atoms with van der Waals surface area (Å²) < 4.78 is 10.0. The Morgan fingerprint density at radius 3 is 2.78 bits per heavy atom. The summed E-state index contributed by atoms with van der Waals surface area (Å²) >= 11 is 9.05. The average molecular weight is 334 g/mol. The van der Waals surface area contributed by atoms with Crippen LogP contribution in [0.4, 0.5) is 0 Å². The largest absolute Gasteiger partial charge is 0.468 e. The summed E-state index contributed by atoms with van der Waals surface area (Å²) in [6.07, 6.45) is 1.36. The Labute approximate surface area is 117 Å². The van der Waals surface area contributed by atoms with Gasteiger partial charge in [-0.05, 0) is 35.0 Å². The molecular weight excluding hydrogens is 323 g/mol. The van der Waals surface area contributed by atoms with Crippen molar-refractivity contribution in [3.8, 4) is 0 Å². The number of carbonyl (C=O) groups is 1. The van der Waals surface area contributed by atoms with Crippen LogP contribution in [0.5, 0.6) is 0 Å². The van der Waals surface area contributed by atoms with Crippen molar-refractivity contribution in [2.75, 3.05) is 6.61 Å². The molecule has 96 valence electrons. The van der Waals surface area contributed by atoms with Crippen LogP contribution in [0.1, 0.15) is 6.92 Å². The van der Waals surface area contributed by atoms with E-state index in [1.807, 2.05) is 0 Å². The maximum Gasteiger partial charge on any atom is 0.293 e. The Kier molecular flexibility index (Phi) is 5.88. The molecule has 0 aliphatic carbocycles. The molecule has 6 heteroatoms. The predicted octanol–water partition coefficient (Wildman–Crippen LogP) is 3.39. The standard InChI is InChI=1S/C9H4BrClO2.C3H6O2/c10-7-4-5(11)3-6-8(12)1-2-13-9(6)7;1-2-5-3-4/h1-4H;3H,2H2,1H3. The van der Waals surface area contributed by atoms with Crippen LogP contribution in [0, 0.1) is 0 Å². The van der Waals surface area contributed by atoms with Gasteiger partial charge in [0.2, 0.25) is 0 Å². The van der Waals surface area contributed by atoms with E-state index in [1.54, 1.807) is 19.1 Å². The minimum atomic E-state index is -0.0931. The van der Waals surface area contributed by atoms with Crippen molar-refractivity contribution in [2.45, 2.75) is 6.92 Å². The lowest BCUT2D eigenvalue weighted by molar-refractivity contribution is -0.128. The van der Waals surface area contributed by atoms with Gasteiger partial charge in [0, 0.05) is 11.1 Å². The molecule has 0 N–H and O–H groups in total. The molecule has 1 aromatic heterocycles. The van der Waals surface area contributed by atoms with E-state index >= 15 is 0 Å². The molecule has 0 aliphatic heterocycles. The van der Waals surface area contributed by atoms with Crippen LogP contribution in [0.3, 0.4) is 0 Å². The molecule has 2 aromatic rings. The molecule has 0 aliphatic rings. The number of rotatable bonds is 2. The van der Waals surface area contributed by atoms with Gasteiger partial charge in [-0.3, -0.25) is 9.59 Å². The van der Waals surface area contributed by atoms with Gasteiger partial charge in [-0.15, -0.1) is 0 Å². The molecule has 2 rings (SSSR count). The van der Waals surface area contributed by atoms with Crippen molar-refractivity contribution in [3.63, 3.8) is 0 Å². The highest BCUT2D eigenvalue weighted by molar-refractivity contribution is 9.10. The number of hydrogen-bond acceptors (Lipinski definition) is 4. The lowest BCUT2D eigenvalue weighted by atomic mass is 10.2. The fraction of sp³-hybridized carbons (Fsp3) is 0.167. The molecule has 1 aromatic carbocycles. The van der Waals surface area contributed by atoms with Gasteiger partial charge in [-0.25, -0.2) is 0 Å².